The van der Waals surface area contributed by atoms with Crippen molar-refractivity contribution < 1.29 is 17.6 Å². The Morgan fingerprint density at radius 2 is 1.73 bits per heavy atom. The first kappa shape index (κ1) is 22.8. The monoisotopic (exact) mass is 473 g/mol. The molecule has 162 valence electrons. The van der Waals surface area contributed by atoms with Crippen LogP contribution in [0.2, 0.25) is 10.0 Å². The van der Waals surface area contributed by atoms with Crippen LogP contribution < -0.4 is 15.4 Å². The lowest BCUT2D eigenvalue weighted by Crippen LogP contribution is -2.54. The number of hydrogen-bond donors (Lipinski definition) is 3. The smallest absolute Gasteiger partial charge is 0.315 e. The van der Waals surface area contributed by atoms with E-state index in [0.29, 0.717) is 17.9 Å². The number of sulfonamides is 1. The van der Waals surface area contributed by atoms with E-state index in [0.717, 1.165) is 36.6 Å². The highest BCUT2D eigenvalue weighted by Gasteiger charge is 2.31. The minimum Gasteiger partial charge on any atom is -0.334 e. The molecule has 1 fully saturated rings. The number of hydrogen-bond acceptors (Lipinski definition) is 3. The van der Waals surface area contributed by atoms with Gasteiger partial charge in [0, 0.05) is 23.7 Å². The summed E-state index contributed by atoms with van der Waals surface area (Å²) in [6.07, 6.45) is 2.91. The maximum absolute atomic E-state index is 13.4. The van der Waals surface area contributed by atoms with Crippen molar-refractivity contribution >= 4 is 39.3 Å². The van der Waals surface area contributed by atoms with Gasteiger partial charge in [-0.2, -0.15) is 0 Å². The summed E-state index contributed by atoms with van der Waals surface area (Å²) in [5, 5.41) is 5.88. The fourth-order valence-electron chi connectivity index (χ4n) is 3.39. The lowest BCUT2D eigenvalue weighted by atomic mass is 9.91. The number of amides is 2. The molecule has 1 aliphatic rings. The van der Waals surface area contributed by atoms with E-state index in [1.165, 1.54) is 0 Å². The molecule has 0 heterocycles. The fourth-order valence-corrected chi connectivity index (χ4v) is 5.18. The van der Waals surface area contributed by atoms with Crippen molar-refractivity contribution in [3.63, 3.8) is 0 Å². The first-order chi connectivity index (χ1) is 14.3. The molecule has 2 unspecified atom stereocenters. The van der Waals surface area contributed by atoms with Crippen molar-refractivity contribution in [1.29, 1.82) is 0 Å². The zero-order valence-electron chi connectivity index (χ0n) is 16.0. The first-order valence-corrected chi connectivity index (χ1v) is 11.8. The van der Waals surface area contributed by atoms with Crippen molar-refractivity contribution in [1.82, 2.24) is 15.4 Å². The van der Waals surface area contributed by atoms with Crippen LogP contribution in [0.25, 0.3) is 0 Å². The second-order valence-electron chi connectivity index (χ2n) is 7.11. The number of benzene rings is 2. The fraction of sp³-hybridized carbons (Fsp3) is 0.350. The van der Waals surface area contributed by atoms with Gasteiger partial charge in [0.15, 0.2) is 0 Å². The van der Waals surface area contributed by atoms with Gasteiger partial charge in [0.2, 0.25) is 10.0 Å². The largest absolute Gasteiger partial charge is 0.334 e. The van der Waals surface area contributed by atoms with Crippen LogP contribution in [0.15, 0.2) is 47.4 Å². The minimum atomic E-state index is -3.92. The van der Waals surface area contributed by atoms with E-state index in [-0.39, 0.29) is 22.5 Å². The Morgan fingerprint density at radius 3 is 2.43 bits per heavy atom. The van der Waals surface area contributed by atoms with Crippen molar-refractivity contribution in [2.75, 3.05) is 0 Å². The number of nitrogens with one attached hydrogen (secondary N) is 3. The van der Waals surface area contributed by atoms with Crippen LogP contribution in [0, 0.1) is 5.82 Å². The van der Waals surface area contributed by atoms with E-state index in [1.807, 2.05) is 12.1 Å². The standard InChI is InChI=1S/C20H22Cl2FN3O3S/c21-15-6-2-1-5-13(15)12-24-20(27)25-18-7-3-4-8-19(18)26-30(28,29)14-9-10-17(23)16(22)11-14/h1-2,5-6,9-11,18-19,26H,3-4,7-8,12H2,(H2,24,25,27). The van der Waals surface area contributed by atoms with Crippen LogP contribution in [0.5, 0.6) is 0 Å². The predicted molar refractivity (Wildman–Crippen MR) is 115 cm³/mol. The Kier molecular flexibility index (Phi) is 7.57. The third-order valence-electron chi connectivity index (χ3n) is 4.99. The quantitative estimate of drug-likeness (QED) is 0.586. The topological polar surface area (TPSA) is 87.3 Å². The highest BCUT2D eigenvalue weighted by Crippen LogP contribution is 2.23. The van der Waals surface area contributed by atoms with E-state index in [9.17, 15) is 17.6 Å². The molecule has 1 aliphatic carbocycles. The SMILES string of the molecule is O=C(NCc1ccccc1Cl)NC1CCCCC1NS(=O)(=O)c1ccc(F)c(Cl)c1. The third-order valence-corrected chi connectivity index (χ3v) is 7.13. The third kappa shape index (κ3) is 5.85. The van der Waals surface area contributed by atoms with Crippen molar-refractivity contribution in [3.05, 3.63) is 63.9 Å². The normalized spacial score (nSPS) is 19.3. The molecule has 3 N–H and O–H groups in total. The molecule has 1 saturated carbocycles. The Morgan fingerprint density at radius 1 is 1.03 bits per heavy atom. The number of carbonyl (C=O) groups excluding carboxylic acids is 1. The summed E-state index contributed by atoms with van der Waals surface area (Å²) in [5.41, 5.74) is 0.781. The van der Waals surface area contributed by atoms with Gasteiger partial charge in [-0.05, 0) is 42.7 Å². The summed E-state index contributed by atoms with van der Waals surface area (Å²) < 4.78 is 41.4. The van der Waals surface area contributed by atoms with Gasteiger partial charge in [-0.1, -0.05) is 54.2 Å². The molecular formula is C20H22Cl2FN3O3S. The maximum Gasteiger partial charge on any atom is 0.315 e. The molecule has 0 radical (unpaired) electrons. The van der Waals surface area contributed by atoms with E-state index < -0.39 is 27.9 Å². The van der Waals surface area contributed by atoms with Crippen molar-refractivity contribution in [2.24, 2.45) is 0 Å². The molecule has 3 rings (SSSR count). The molecule has 2 aromatic rings. The minimum absolute atomic E-state index is 0.124. The Balaban J connectivity index is 1.63. The van der Waals surface area contributed by atoms with Crippen LogP contribution in [-0.2, 0) is 16.6 Å². The van der Waals surface area contributed by atoms with Crippen LogP contribution in [0.4, 0.5) is 9.18 Å². The molecule has 6 nitrogen and oxygen atoms in total. The second-order valence-corrected chi connectivity index (χ2v) is 9.64. The first-order valence-electron chi connectivity index (χ1n) is 9.51. The average Bonchev–Trinajstić information content (AvgIpc) is 2.70. The summed E-state index contributed by atoms with van der Waals surface area (Å²) in [6, 6.07) is 9.15. The summed E-state index contributed by atoms with van der Waals surface area (Å²) in [5.74, 6) is -0.692. The lowest BCUT2D eigenvalue weighted by molar-refractivity contribution is 0.227. The van der Waals surface area contributed by atoms with Crippen molar-refractivity contribution in [3.8, 4) is 0 Å². The number of halogens is 3. The number of rotatable bonds is 6. The van der Waals surface area contributed by atoms with Gasteiger partial charge < -0.3 is 10.6 Å². The molecule has 0 aromatic heterocycles. The van der Waals surface area contributed by atoms with Crippen LogP contribution in [0.3, 0.4) is 0 Å². The second kappa shape index (κ2) is 9.96. The average molecular weight is 474 g/mol. The lowest BCUT2D eigenvalue weighted by Gasteiger charge is -2.32. The Bertz CT molecular complexity index is 1020. The van der Waals surface area contributed by atoms with E-state index in [2.05, 4.69) is 15.4 Å². The molecule has 0 aliphatic heterocycles. The number of urea groups is 1. The highest BCUT2D eigenvalue weighted by molar-refractivity contribution is 7.89. The summed E-state index contributed by atoms with van der Waals surface area (Å²) >= 11 is 11.8. The number of carbonyl (C=O) groups is 1. The summed E-state index contributed by atoms with van der Waals surface area (Å²) in [6.45, 7) is 0.253. The van der Waals surface area contributed by atoms with Gasteiger partial charge in [-0.3, -0.25) is 0 Å². The maximum atomic E-state index is 13.4. The van der Waals surface area contributed by atoms with Gasteiger partial charge >= 0.3 is 6.03 Å². The zero-order chi connectivity index (χ0) is 21.7. The van der Waals surface area contributed by atoms with Crippen LogP contribution in [-0.4, -0.2) is 26.5 Å². The van der Waals surface area contributed by atoms with E-state index in [1.54, 1.807) is 12.1 Å². The van der Waals surface area contributed by atoms with Gasteiger partial charge in [0.25, 0.3) is 0 Å². The molecular weight excluding hydrogens is 452 g/mol. The van der Waals surface area contributed by atoms with Gasteiger partial charge in [-0.25, -0.2) is 22.3 Å². The predicted octanol–water partition coefficient (Wildman–Crippen LogP) is 4.22. The van der Waals surface area contributed by atoms with Gasteiger partial charge in [-0.15, -0.1) is 0 Å². The molecule has 2 amide bonds. The molecule has 10 heteroatoms. The zero-order valence-corrected chi connectivity index (χ0v) is 18.3. The molecule has 0 spiro atoms. The Hall–Kier alpha value is -1.87. The van der Waals surface area contributed by atoms with Gasteiger partial charge in [0.1, 0.15) is 5.82 Å². The van der Waals surface area contributed by atoms with Crippen LogP contribution >= 0.6 is 23.2 Å². The van der Waals surface area contributed by atoms with E-state index >= 15 is 0 Å². The van der Waals surface area contributed by atoms with Crippen LogP contribution in [0.1, 0.15) is 31.2 Å². The van der Waals surface area contributed by atoms with Gasteiger partial charge in [0.05, 0.1) is 9.92 Å². The van der Waals surface area contributed by atoms with Crippen molar-refractivity contribution in [2.45, 2.75) is 49.2 Å². The molecule has 2 aromatic carbocycles. The Labute approximate surface area is 185 Å². The molecule has 0 saturated heterocycles. The summed E-state index contributed by atoms with van der Waals surface area (Å²) in [7, 11) is -3.92. The molecule has 2 atom stereocenters. The highest BCUT2D eigenvalue weighted by atomic mass is 35.5. The molecule has 0 bridgehead atoms. The molecule has 30 heavy (non-hydrogen) atoms. The summed E-state index contributed by atoms with van der Waals surface area (Å²) in [4.78, 5) is 12.2. The van der Waals surface area contributed by atoms with E-state index in [4.69, 9.17) is 23.2 Å².